The first kappa shape index (κ1) is 16.2. The first-order valence-electron chi connectivity index (χ1n) is 6.36. The molecule has 0 unspecified atom stereocenters. The Labute approximate surface area is 128 Å². The molecule has 0 saturated carbocycles. The van der Waals surface area contributed by atoms with Crippen molar-refractivity contribution < 1.29 is 22.7 Å². The number of hydrogen-bond acceptors (Lipinski definition) is 3. The molecular weight excluding hydrogens is 353 g/mol. The van der Waals surface area contributed by atoms with Gasteiger partial charge in [-0.05, 0) is 25.0 Å². The summed E-state index contributed by atoms with van der Waals surface area (Å²) in [5.41, 5.74) is -1.35. The molecule has 0 spiro atoms. The first-order valence-corrected chi connectivity index (χ1v) is 7.48. The van der Waals surface area contributed by atoms with Gasteiger partial charge in [0.15, 0.2) is 0 Å². The normalized spacial score (nSPS) is 18.3. The Morgan fingerprint density at radius 3 is 2.52 bits per heavy atom. The van der Waals surface area contributed by atoms with Crippen molar-refractivity contribution in [2.45, 2.75) is 24.6 Å². The van der Waals surface area contributed by atoms with Crippen LogP contribution in [-0.4, -0.2) is 35.0 Å². The quantitative estimate of drug-likeness (QED) is 0.836. The van der Waals surface area contributed by atoms with Crippen LogP contribution in [0.25, 0.3) is 0 Å². The molecule has 0 bridgehead atoms. The second kappa shape index (κ2) is 6.31. The van der Waals surface area contributed by atoms with Crippen molar-refractivity contribution in [2.24, 2.45) is 0 Å². The van der Waals surface area contributed by atoms with E-state index in [0.29, 0.717) is 37.6 Å². The van der Waals surface area contributed by atoms with E-state index < -0.39 is 23.2 Å². The number of rotatable bonds is 3. The van der Waals surface area contributed by atoms with Gasteiger partial charge in [0.1, 0.15) is 5.69 Å². The van der Waals surface area contributed by atoms with Crippen LogP contribution < -0.4 is 5.32 Å². The summed E-state index contributed by atoms with van der Waals surface area (Å²) in [4.78, 5) is 15.7. The molecule has 2 heterocycles. The topological polar surface area (TPSA) is 51.2 Å². The molecule has 1 N–H and O–H groups in total. The van der Waals surface area contributed by atoms with Crippen LogP contribution in [0.2, 0.25) is 0 Å². The molecule has 2 rings (SSSR count). The van der Waals surface area contributed by atoms with E-state index in [9.17, 15) is 18.0 Å². The van der Waals surface area contributed by atoms with Crippen LogP contribution in [0.3, 0.4) is 0 Å². The molecule has 116 valence electrons. The molecule has 1 aromatic rings. The van der Waals surface area contributed by atoms with Gasteiger partial charge in [0.05, 0.1) is 11.1 Å². The number of pyridine rings is 1. The predicted octanol–water partition coefficient (Wildman–Crippen LogP) is 2.77. The fourth-order valence-electron chi connectivity index (χ4n) is 2.05. The van der Waals surface area contributed by atoms with Gasteiger partial charge in [-0.1, -0.05) is 15.9 Å². The number of carbonyl (C=O) groups excluding carboxylic acids is 1. The van der Waals surface area contributed by atoms with Crippen LogP contribution in [0.4, 0.5) is 13.2 Å². The Morgan fingerprint density at radius 2 is 2.05 bits per heavy atom. The van der Waals surface area contributed by atoms with Crippen LogP contribution in [-0.2, 0) is 10.9 Å². The zero-order chi connectivity index (χ0) is 15.5. The molecule has 1 saturated heterocycles. The Balaban J connectivity index is 2.09. The number of amides is 1. The lowest BCUT2D eigenvalue weighted by Crippen LogP contribution is -2.53. The Kier molecular flexibility index (Phi) is 4.88. The van der Waals surface area contributed by atoms with Gasteiger partial charge in [-0.25, -0.2) is 0 Å². The van der Waals surface area contributed by atoms with Crippen molar-refractivity contribution in [2.75, 3.05) is 18.5 Å². The smallest absolute Gasteiger partial charge is 0.381 e. The van der Waals surface area contributed by atoms with Gasteiger partial charge in [-0.3, -0.25) is 9.78 Å². The average Bonchev–Trinajstić information content (AvgIpc) is 2.47. The summed E-state index contributed by atoms with van der Waals surface area (Å²) in [6.45, 7) is 1.07. The van der Waals surface area contributed by atoms with Gasteiger partial charge < -0.3 is 10.1 Å². The number of aromatic nitrogens is 1. The molecule has 1 aromatic heterocycles. The lowest BCUT2D eigenvalue weighted by atomic mass is 9.92. The van der Waals surface area contributed by atoms with E-state index in [-0.39, 0.29) is 5.69 Å². The van der Waals surface area contributed by atoms with E-state index >= 15 is 0 Å². The summed E-state index contributed by atoms with van der Waals surface area (Å²) in [5, 5.41) is 3.40. The van der Waals surface area contributed by atoms with Crippen LogP contribution in [0.15, 0.2) is 18.3 Å². The third-order valence-corrected chi connectivity index (χ3v) is 4.48. The van der Waals surface area contributed by atoms with Crippen molar-refractivity contribution in [1.82, 2.24) is 10.3 Å². The fourth-order valence-corrected chi connectivity index (χ4v) is 2.76. The summed E-state index contributed by atoms with van der Waals surface area (Å²) in [5.74, 6) is -0.481. The Bertz CT molecular complexity index is 499. The largest absolute Gasteiger partial charge is 0.417 e. The molecule has 1 aliphatic rings. The van der Waals surface area contributed by atoms with E-state index in [0.717, 1.165) is 12.1 Å². The molecule has 1 amide bonds. The number of nitrogens with one attached hydrogen (secondary N) is 1. The summed E-state index contributed by atoms with van der Waals surface area (Å²) in [7, 11) is 0. The number of hydrogen-bond donors (Lipinski definition) is 1. The van der Waals surface area contributed by atoms with Gasteiger partial charge >= 0.3 is 6.18 Å². The molecule has 1 aliphatic heterocycles. The maximum atomic E-state index is 12.4. The van der Waals surface area contributed by atoms with Crippen LogP contribution in [0, 0.1) is 0 Å². The molecule has 8 heteroatoms. The molecule has 21 heavy (non-hydrogen) atoms. The van der Waals surface area contributed by atoms with Gasteiger partial charge in [0, 0.05) is 24.7 Å². The van der Waals surface area contributed by atoms with Gasteiger partial charge in [0.25, 0.3) is 5.91 Å². The van der Waals surface area contributed by atoms with Crippen LogP contribution >= 0.6 is 15.9 Å². The maximum Gasteiger partial charge on any atom is 0.417 e. The molecule has 0 atom stereocenters. The number of alkyl halides is 4. The Hall–Kier alpha value is -1.15. The number of carbonyl (C=O) groups is 1. The van der Waals surface area contributed by atoms with E-state index in [1.165, 1.54) is 0 Å². The highest BCUT2D eigenvalue weighted by Crippen LogP contribution is 2.28. The standard InChI is InChI=1S/C13H14BrF3N2O2/c14-8-12(3-5-21-6-4-12)19-11(20)10-2-1-9(7-18-10)13(15,16)17/h1-2,7H,3-6,8H2,(H,19,20). The van der Waals surface area contributed by atoms with Crippen LogP contribution in [0.5, 0.6) is 0 Å². The summed E-state index contributed by atoms with van der Waals surface area (Å²) in [6, 6.07) is 1.94. The highest BCUT2D eigenvalue weighted by molar-refractivity contribution is 9.09. The van der Waals surface area contributed by atoms with Crippen LogP contribution in [0.1, 0.15) is 28.9 Å². The number of ether oxygens (including phenoxy) is 1. The minimum Gasteiger partial charge on any atom is -0.381 e. The minimum atomic E-state index is -4.46. The van der Waals surface area contributed by atoms with Crippen molar-refractivity contribution in [3.8, 4) is 0 Å². The number of halogens is 4. The van der Waals surface area contributed by atoms with Crippen molar-refractivity contribution in [1.29, 1.82) is 0 Å². The van der Waals surface area contributed by atoms with Crippen molar-refractivity contribution >= 4 is 21.8 Å². The van der Waals surface area contributed by atoms with Crippen molar-refractivity contribution in [3.05, 3.63) is 29.6 Å². The summed E-state index contributed by atoms with van der Waals surface area (Å²) >= 11 is 3.37. The van der Waals surface area contributed by atoms with Gasteiger partial charge in [-0.2, -0.15) is 13.2 Å². The fraction of sp³-hybridized carbons (Fsp3) is 0.538. The molecular formula is C13H14BrF3N2O2. The molecule has 0 radical (unpaired) electrons. The van der Waals surface area contributed by atoms with E-state index in [1.807, 2.05) is 0 Å². The lowest BCUT2D eigenvalue weighted by Gasteiger charge is -2.36. The SMILES string of the molecule is O=C(NC1(CBr)CCOCC1)c1ccc(C(F)(F)F)cn1. The number of nitrogens with zero attached hydrogens (tertiary/aromatic N) is 1. The molecule has 1 fully saturated rings. The maximum absolute atomic E-state index is 12.4. The monoisotopic (exact) mass is 366 g/mol. The zero-order valence-corrected chi connectivity index (χ0v) is 12.6. The highest BCUT2D eigenvalue weighted by Gasteiger charge is 2.34. The summed E-state index contributed by atoms with van der Waals surface area (Å²) in [6.07, 6.45) is -2.51. The van der Waals surface area contributed by atoms with E-state index in [4.69, 9.17) is 4.74 Å². The lowest BCUT2D eigenvalue weighted by molar-refractivity contribution is -0.137. The third-order valence-electron chi connectivity index (χ3n) is 3.41. The third kappa shape index (κ3) is 3.94. The average molecular weight is 367 g/mol. The molecule has 4 nitrogen and oxygen atoms in total. The molecule has 0 aromatic carbocycles. The van der Waals surface area contributed by atoms with Gasteiger partial charge in [-0.15, -0.1) is 0 Å². The summed E-state index contributed by atoms with van der Waals surface area (Å²) < 4.78 is 42.6. The Morgan fingerprint density at radius 1 is 1.38 bits per heavy atom. The minimum absolute atomic E-state index is 0.0326. The van der Waals surface area contributed by atoms with E-state index in [2.05, 4.69) is 26.2 Å². The first-order chi connectivity index (χ1) is 9.86. The second-order valence-corrected chi connectivity index (χ2v) is 5.47. The highest BCUT2D eigenvalue weighted by atomic mass is 79.9. The predicted molar refractivity (Wildman–Crippen MR) is 73.3 cm³/mol. The molecule has 0 aliphatic carbocycles. The van der Waals surface area contributed by atoms with Gasteiger partial charge in [0.2, 0.25) is 0 Å². The van der Waals surface area contributed by atoms with E-state index in [1.54, 1.807) is 0 Å². The second-order valence-electron chi connectivity index (χ2n) is 4.91. The van der Waals surface area contributed by atoms with Crippen molar-refractivity contribution in [3.63, 3.8) is 0 Å². The zero-order valence-electron chi connectivity index (χ0n) is 11.0.